The zero-order valence-electron chi connectivity index (χ0n) is 15.1. The van der Waals surface area contributed by atoms with Crippen molar-refractivity contribution in [3.05, 3.63) is 42.1 Å². The number of rotatable bonds is 5. The number of nitrogens with one attached hydrogen (secondary N) is 1. The second-order valence-electron chi connectivity index (χ2n) is 7.31. The number of piperidine rings is 1. The lowest BCUT2D eigenvalue weighted by Crippen LogP contribution is -2.53. The van der Waals surface area contributed by atoms with E-state index in [-0.39, 0.29) is 23.8 Å². The van der Waals surface area contributed by atoms with E-state index in [0.29, 0.717) is 13.2 Å². The van der Waals surface area contributed by atoms with Crippen LogP contribution in [0, 0.1) is 11.8 Å². The summed E-state index contributed by atoms with van der Waals surface area (Å²) < 4.78 is 13.1. The van der Waals surface area contributed by atoms with Gasteiger partial charge in [-0.3, -0.25) is 14.4 Å². The van der Waals surface area contributed by atoms with Gasteiger partial charge in [-0.05, 0) is 25.0 Å². The second-order valence-corrected chi connectivity index (χ2v) is 7.31. The quantitative estimate of drug-likeness (QED) is 0.878. The number of hydrogen-bond donors (Lipinski definition) is 1. The Labute approximate surface area is 153 Å². The third-order valence-electron chi connectivity index (χ3n) is 5.47. The Morgan fingerprint density at radius 1 is 1.42 bits per heavy atom. The van der Waals surface area contributed by atoms with Crippen LogP contribution in [0.2, 0.25) is 0 Å². The molecule has 4 rings (SSSR count). The molecule has 0 bridgehead atoms. The van der Waals surface area contributed by atoms with Gasteiger partial charge in [0.1, 0.15) is 5.76 Å². The molecule has 0 aliphatic carbocycles. The van der Waals surface area contributed by atoms with Crippen molar-refractivity contribution in [2.45, 2.75) is 32.0 Å². The minimum atomic E-state index is 0.000380. The largest absolute Gasteiger partial charge is 0.467 e. The number of amides is 1. The molecule has 3 atom stereocenters. The fourth-order valence-electron chi connectivity index (χ4n) is 4.18. The van der Waals surface area contributed by atoms with Gasteiger partial charge in [0.2, 0.25) is 5.91 Å². The van der Waals surface area contributed by atoms with Crippen molar-refractivity contribution in [2.75, 3.05) is 19.7 Å². The van der Waals surface area contributed by atoms with E-state index in [2.05, 4.69) is 21.5 Å². The van der Waals surface area contributed by atoms with Crippen LogP contribution in [-0.2, 0) is 29.7 Å². The highest BCUT2D eigenvalue weighted by atomic mass is 16.5. The average molecular weight is 358 g/mol. The third-order valence-corrected chi connectivity index (χ3v) is 5.47. The summed E-state index contributed by atoms with van der Waals surface area (Å²) in [4.78, 5) is 15.2. The molecule has 26 heavy (non-hydrogen) atoms. The van der Waals surface area contributed by atoms with Gasteiger partial charge < -0.3 is 14.5 Å². The van der Waals surface area contributed by atoms with Gasteiger partial charge in [0, 0.05) is 56.9 Å². The molecular formula is C19H26N4O3. The molecule has 0 saturated carbocycles. The zero-order valence-corrected chi connectivity index (χ0v) is 15.1. The van der Waals surface area contributed by atoms with Crippen LogP contribution in [0.25, 0.3) is 0 Å². The van der Waals surface area contributed by atoms with Gasteiger partial charge in [0.15, 0.2) is 0 Å². The molecule has 4 heterocycles. The van der Waals surface area contributed by atoms with Gasteiger partial charge in [-0.15, -0.1) is 0 Å². The summed E-state index contributed by atoms with van der Waals surface area (Å²) in [6.07, 6.45) is 7.55. The first kappa shape index (κ1) is 17.3. The number of nitrogens with zero attached hydrogens (tertiary/aromatic N) is 3. The van der Waals surface area contributed by atoms with Crippen LogP contribution in [0.15, 0.2) is 35.2 Å². The van der Waals surface area contributed by atoms with Crippen molar-refractivity contribution in [1.29, 1.82) is 0 Å². The number of aromatic nitrogens is 2. The predicted octanol–water partition coefficient (Wildman–Crippen LogP) is 1.56. The molecule has 0 unspecified atom stereocenters. The number of fused-ring (bicyclic) bond motifs is 1. The lowest BCUT2D eigenvalue weighted by atomic mass is 9.79. The van der Waals surface area contributed by atoms with Crippen molar-refractivity contribution in [1.82, 2.24) is 20.0 Å². The van der Waals surface area contributed by atoms with Crippen LogP contribution in [0.4, 0.5) is 0 Å². The molecule has 7 heteroatoms. The van der Waals surface area contributed by atoms with Gasteiger partial charge in [0.05, 0.1) is 25.1 Å². The number of furan rings is 1. The topological polar surface area (TPSA) is 72.5 Å². The maximum Gasteiger partial charge on any atom is 0.224 e. The first-order valence-corrected chi connectivity index (χ1v) is 9.30. The zero-order chi connectivity index (χ0) is 17.9. The maximum absolute atomic E-state index is 12.8. The monoisotopic (exact) mass is 358 g/mol. The summed E-state index contributed by atoms with van der Waals surface area (Å²) in [6.45, 7) is 3.87. The molecular weight excluding hydrogens is 332 g/mol. The van der Waals surface area contributed by atoms with Gasteiger partial charge >= 0.3 is 0 Å². The van der Waals surface area contributed by atoms with Crippen LogP contribution in [-0.4, -0.2) is 46.4 Å². The Morgan fingerprint density at radius 2 is 2.35 bits per heavy atom. The van der Waals surface area contributed by atoms with Crippen LogP contribution in [0.1, 0.15) is 24.2 Å². The molecule has 0 spiro atoms. The third kappa shape index (κ3) is 3.83. The molecule has 7 nitrogen and oxygen atoms in total. The van der Waals surface area contributed by atoms with Crippen molar-refractivity contribution in [3.63, 3.8) is 0 Å². The van der Waals surface area contributed by atoms with Crippen molar-refractivity contribution in [2.24, 2.45) is 18.9 Å². The molecule has 0 radical (unpaired) electrons. The van der Waals surface area contributed by atoms with E-state index in [1.54, 1.807) is 6.26 Å². The number of hydrogen-bond acceptors (Lipinski definition) is 5. The number of ether oxygens (including phenoxy) is 1. The van der Waals surface area contributed by atoms with E-state index in [1.807, 2.05) is 30.1 Å². The van der Waals surface area contributed by atoms with Crippen molar-refractivity contribution >= 4 is 5.91 Å². The number of carbonyl (C=O) groups is 1. The van der Waals surface area contributed by atoms with Gasteiger partial charge in [-0.1, -0.05) is 0 Å². The summed E-state index contributed by atoms with van der Waals surface area (Å²) >= 11 is 0. The van der Waals surface area contributed by atoms with E-state index in [1.165, 1.54) is 5.56 Å². The van der Waals surface area contributed by atoms with Crippen LogP contribution in [0.3, 0.4) is 0 Å². The minimum absolute atomic E-state index is 0.000380. The standard InChI is InChI=1S/C19H26N4O3/c1-22-11-14(9-21-22)12-23-6-4-18-17(13-23)16(5-8-26-18)19(24)20-10-15-3-2-7-25-15/h2-3,7,9,11,16-18H,4-6,8,10,12-13H2,1H3,(H,20,24)/t16-,17-,18-/m0/s1. The molecule has 2 aliphatic rings. The second kappa shape index (κ2) is 7.63. The molecule has 2 aliphatic heterocycles. The van der Waals surface area contributed by atoms with E-state index < -0.39 is 0 Å². The minimum Gasteiger partial charge on any atom is -0.467 e. The summed E-state index contributed by atoms with van der Waals surface area (Å²) in [5, 5.41) is 7.28. The number of carbonyl (C=O) groups excluding carboxylic acids is 1. The summed E-state index contributed by atoms with van der Waals surface area (Å²) in [6, 6.07) is 3.72. The van der Waals surface area contributed by atoms with Gasteiger partial charge in [0.25, 0.3) is 0 Å². The SMILES string of the molecule is Cn1cc(CN2CC[C@@H]3OCC[C@H](C(=O)NCc4ccco4)[C@@H]3C2)cn1. The normalized spacial score (nSPS) is 26.4. The first-order valence-electron chi connectivity index (χ1n) is 9.30. The van der Waals surface area contributed by atoms with Crippen LogP contribution < -0.4 is 5.32 Å². The first-order chi connectivity index (χ1) is 12.7. The smallest absolute Gasteiger partial charge is 0.224 e. The molecule has 140 valence electrons. The van der Waals surface area contributed by atoms with Crippen LogP contribution >= 0.6 is 0 Å². The van der Waals surface area contributed by atoms with E-state index in [9.17, 15) is 4.79 Å². The van der Waals surface area contributed by atoms with Gasteiger partial charge in [-0.2, -0.15) is 5.10 Å². The van der Waals surface area contributed by atoms with Crippen LogP contribution in [0.5, 0.6) is 0 Å². The number of likely N-dealkylation sites (tertiary alicyclic amines) is 1. The van der Waals surface area contributed by atoms with Crippen molar-refractivity contribution in [3.8, 4) is 0 Å². The summed E-state index contributed by atoms with van der Waals surface area (Å²) in [5.41, 5.74) is 1.21. The van der Waals surface area contributed by atoms with E-state index in [4.69, 9.17) is 9.15 Å². The molecule has 2 aromatic heterocycles. The van der Waals surface area contributed by atoms with E-state index in [0.717, 1.165) is 38.2 Å². The fraction of sp³-hybridized carbons (Fsp3) is 0.579. The number of aryl methyl sites for hydroxylation is 1. The lowest BCUT2D eigenvalue weighted by Gasteiger charge is -2.44. The fourth-order valence-corrected chi connectivity index (χ4v) is 4.18. The lowest BCUT2D eigenvalue weighted by molar-refractivity contribution is -0.142. The molecule has 1 N–H and O–H groups in total. The van der Waals surface area contributed by atoms with Crippen molar-refractivity contribution < 1.29 is 13.9 Å². The molecule has 1 amide bonds. The Morgan fingerprint density at radius 3 is 3.12 bits per heavy atom. The Balaban J connectivity index is 1.38. The molecule has 2 aromatic rings. The molecule has 0 aromatic carbocycles. The highest BCUT2D eigenvalue weighted by Gasteiger charge is 2.41. The summed E-state index contributed by atoms with van der Waals surface area (Å²) in [5.74, 6) is 1.14. The molecule has 2 saturated heterocycles. The highest BCUT2D eigenvalue weighted by Crippen LogP contribution is 2.33. The average Bonchev–Trinajstić information content (AvgIpc) is 3.31. The highest BCUT2D eigenvalue weighted by molar-refractivity contribution is 5.79. The predicted molar refractivity (Wildman–Crippen MR) is 95.0 cm³/mol. The molecule has 2 fully saturated rings. The Bertz CT molecular complexity index is 727. The van der Waals surface area contributed by atoms with E-state index >= 15 is 0 Å². The Kier molecular flexibility index (Phi) is 5.08. The summed E-state index contributed by atoms with van der Waals surface area (Å²) in [7, 11) is 1.93. The Hall–Kier alpha value is -2.12. The maximum atomic E-state index is 12.8. The van der Waals surface area contributed by atoms with Gasteiger partial charge in [-0.25, -0.2) is 0 Å².